The van der Waals surface area contributed by atoms with E-state index in [-0.39, 0.29) is 5.91 Å². The van der Waals surface area contributed by atoms with Crippen molar-refractivity contribution in [2.45, 2.75) is 13.8 Å². The average Bonchev–Trinajstić information content (AvgIpc) is 3.04. The number of fused-ring (bicyclic) bond motifs is 1. The van der Waals surface area contributed by atoms with Crippen LogP contribution in [-0.2, 0) is 4.79 Å². The van der Waals surface area contributed by atoms with Crippen molar-refractivity contribution in [1.29, 1.82) is 0 Å². The number of nitrogens with zero attached hydrogens (tertiary/aromatic N) is 1. The summed E-state index contributed by atoms with van der Waals surface area (Å²) >= 11 is 0. The first-order chi connectivity index (χ1) is 15.6. The topological polar surface area (TPSA) is 48.0 Å². The van der Waals surface area contributed by atoms with Gasteiger partial charge < -0.3 is 19.1 Å². The third-order valence-corrected chi connectivity index (χ3v) is 5.30. The van der Waals surface area contributed by atoms with Crippen LogP contribution in [0.3, 0.4) is 0 Å². The lowest BCUT2D eigenvalue weighted by Crippen LogP contribution is -2.20. The van der Waals surface area contributed by atoms with E-state index in [2.05, 4.69) is 0 Å². The van der Waals surface area contributed by atoms with E-state index in [9.17, 15) is 4.79 Å². The fraction of sp³-hybridized carbons (Fsp3) is 0.222. The van der Waals surface area contributed by atoms with Gasteiger partial charge in [-0.05, 0) is 55.8 Å². The Morgan fingerprint density at radius 1 is 0.875 bits per heavy atom. The number of benzene rings is 3. The van der Waals surface area contributed by atoms with Crippen LogP contribution in [-0.4, -0.2) is 32.8 Å². The van der Waals surface area contributed by atoms with Gasteiger partial charge in [-0.3, -0.25) is 4.79 Å². The number of para-hydroxylation sites is 1. The molecule has 0 unspecified atom stereocenters. The highest BCUT2D eigenvalue weighted by Gasteiger charge is 2.29. The highest BCUT2D eigenvalue weighted by atomic mass is 16.5. The second kappa shape index (κ2) is 9.60. The molecule has 1 amide bonds. The van der Waals surface area contributed by atoms with Gasteiger partial charge in [-0.15, -0.1) is 0 Å². The fourth-order valence-electron chi connectivity index (χ4n) is 3.65. The Morgan fingerprint density at radius 2 is 1.62 bits per heavy atom. The Labute approximate surface area is 188 Å². The van der Waals surface area contributed by atoms with Crippen molar-refractivity contribution in [1.82, 2.24) is 0 Å². The molecule has 0 fully saturated rings. The molecule has 0 aliphatic carbocycles. The van der Waals surface area contributed by atoms with Crippen molar-refractivity contribution in [2.75, 3.05) is 31.8 Å². The first-order valence-electron chi connectivity index (χ1n) is 10.7. The smallest absolute Gasteiger partial charge is 0.258 e. The van der Waals surface area contributed by atoms with Crippen LogP contribution >= 0.6 is 0 Å². The monoisotopic (exact) mass is 429 g/mol. The maximum absolute atomic E-state index is 12.7. The Balaban J connectivity index is 1.47. The van der Waals surface area contributed by atoms with E-state index < -0.39 is 0 Å². The van der Waals surface area contributed by atoms with E-state index in [4.69, 9.17) is 14.2 Å². The third kappa shape index (κ3) is 4.62. The molecule has 5 nitrogen and oxygen atoms in total. The second-order valence-corrected chi connectivity index (χ2v) is 7.59. The van der Waals surface area contributed by atoms with Gasteiger partial charge in [-0.1, -0.05) is 42.0 Å². The molecule has 1 aliphatic heterocycles. The first-order valence-corrected chi connectivity index (χ1v) is 10.7. The minimum atomic E-state index is -0.0160. The van der Waals surface area contributed by atoms with Crippen molar-refractivity contribution in [3.63, 3.8) is 0 Å². The molecule has 0 N–H and O–H groups in total. The van der Waals surface area contributed by atoms with E-state index in [1.807, 2.05) is 86.7 Å². The summed E-state index contributed by atoms with van der Waals surface area (Å²) in [6.45, 7) is 5.31. The summed E-state index contributed by atoms with van der Waals surface area (Å²) in [5.41, 5.74) is 4.60. The zero-order valence-corrected chi connectivity index (χ0v) is 18.6. The summed E-state index contributed by atoms with van der Waals surface area (Å²) in [6, 6.07) is 21.4. The highest BCUT2D eigenvalue weighted by Crippen LogP contribution is 2.37. The number of amides is 1. The number of hydrogen-bond donors (Lipinski definition) is 0. The van der Waals surface area contributed by atoms with Gasteiger partial charge in [0.1, 0.15) is 19.0 Å². The molecule has 3 aromatic carbocycles. The molecule has 4 rings (SSSR count). The van der Waals surface area contributed by atoms with Crippen LogP contribution in [0.15, 0.2) is 66.7 Å². The molecule has 32 heavy (non-hydrogen) atoms. The molecule has 0 spiro atoms. The number of aryl methyl sites for hydroxylation is 1. The van der Waals surface area contributed by atoms with Crippen molar-refractivity contribution in [3.8, 4) is 17.2 Å². The minimum Gasteiger partial charge on any atom is -0.490 e. The SMILES string of the molecule is CCOc1cc(C=C2C(=O)N(C)c3ccccc32)ccc1OCCOc1ccc(C)cc1. The van der Waals surface area contributed by atoms with Crippen molar-refractivity contribution in [2.24, 2.45) is 0 Å². The molecular formula is C27H27NO4. The molecule has 0 atom stereocenters. The number of likely N-dealkylation sites (N-methyl/N-ethyl adjacent to an activating group) is 1. The second-order valence-electron chi connectivity index (χ2n) is 7.59. The Kier molecular flexibility index (Phi) is 6.45. The predicted octanol–water partition coefficient (Wildman–Crippen LogP) is 5.37. The Hall–Kier alpha value is -3.73. The quantitative estimate of drug-likeness (QED) is 0.357. The van der Waals surface area contributed by atoms with E-state index in [1.54, 1.807) is 11.9 Å². The predicted molar refractivity (Wildman–Crippen MR) is 128 cm³/mol. The van der Waals surface area contributed by atoms with Crippen LogP contribution in [0.25, 0.3) is 11.6 Å². The molecule has 164 valence electrons. The van der Waals surface area contributed by atoms with Gasteiger partial charge >= 0.3 is 0 Å². The van der Waals surface area contributed by atoms with Gasteiger partial charge in [-0.25, -0.2) is 0 Å². The zero-order valence-electron chi connectivity index (χ0n) is 18.6. The van der Waals surface area contributed by atoms with Crippen LogP contribution in [0.5, 0.6) is 17.2 Å². The lowest BCUT2D eigenvalue weighted by molar-refractivity contribution is -0.112. The zero-order chi connectivity index (χ0) is 22.5. The number of rotatable bonds is 8. The number of ether oxygens (including phenoxy) is 3. The van der Waals surface area contributed by atoms with E-state index in [0.29, 0.717) is 36.9 Å². The lowest BCUT2D eigenvalue weighted by atomic mass is 10.0. The number of carbonyl (C=O) groups is 1. The maximum atomic E-state index is 12.7. The average molecular weight is 430 g/mol. The number of anilines is 1. The molecule has 0 saturated carbocycles. The van der Waals surface area contributed by atoms with Gasteiger partial charge in [-0.2, -0.15) is 0 Å². The molecular weight excluding hydrogens is 402 g/mol. The van der Waals surface area contributed by atoms with E-state index in [0.717, 1.165) is 22.6 Å². The number of carbonyl (C=O) groups excluding carboxylic acids is 1. The number of hydrogen-bond acceptors (Lipinski definition) is 4. The van der Waals surface area contributed by atoms with Gasteiger partial charge in [0.2, 0.25) is 0 Å². The third-order valence-electron chi connectivity index (χ3n) is 5.30. The van der Waals surface area contributed by atoms with Gasteiger partial charge in [0.25, 0.3) is 5.91 Å². The molecule has 1 heterocycles. The summed E-state index contributed by atoms with van der Waals surface area (Å²) in [7, 11) is 1.79. The summed E-state index contributed by atoms with van der Waals surface area (Å²) in [6.07, 6.45) is 1.90. The first kappa shape index (κ1) is 21.5. The fourth-order valence-corrected chi connectivity index (χ4v) is 3.65. The molecule has 0 saturated heterocycles. The maximum Gasteiger partial charge on any atom is 0.258 e. The molecule has 1 aliphatic rings. The van der Waals surface area contributed by atoms with Crippen molar-refractivity contribution >= 4 is 23.2 Å². The normalized spacial score (nSPS) is 13.9. The molecule has 5 heteroatoms. The van der Waals surface area contributed by atoms with Crippen molar-refractivity contribution < 1.29 is 19.0 Å². The van der Waals surface area contributed by atoms with Crippen LogP contribution < -0.4 is 19.1 Å². The Bertz CT molecular complexity index is 1130. The summed E-state index contributed by atoms with van der Waals surface area (Å²) < 4.78 is 17.4. The lowest BCUT2D eigenvalue weighted by Gasteiger charge is -2.13. The standard InChI is InChI=1S/C27H27NO4/c1-4-30-26-18-20(17-23-22-7-5-6-8-24(22)28(3)27(23)29)11-14-25(26)32-16-15-31-21-12-9-19(2)10-13-21/h5-14,17-18H,4,15-16H2,1-3H3. The van der Waals surface area contributed by atoms with E-state index >= 15 is 0 Å². The van der Waals surface area contributed by atoms with Crippen LogP contribution in [0, 0.1) is 6.92 Å². The van der Waals surface area contributed by atoms with Crippen LogP contribution in [0.1, 0.15) is 23.6 Å². The van der Waals surface area contributed by atoms with Crippen LogP contribution in [0.4, 0.5) is 5.69 Å². The van der Waals surface area contributed by atoms with Crippen molar-refractivity contribution in [3.05, 3.63) is 83.4 Å². The molecule has 0 bridgehead atoms. The van der Waals surface area contributed by atoms with Crippen LogP contribution in [0.2, 0.25) is 0 Å². The van der Waals surface area contributed by atoms with Gasteiger partial charge in [0.05, 0.1) is 12.3 Å². The highest BCUT2D eigenvalue weighted by molar-refractivity contribution is 6.35. The largest absolute Gasteiger partial charge is 0.490 e. The van der Waals surface area contributed by atoms with Gasteiger partial charge in [0, 0.05) is 18.2 Å². The summed E-state index contributed by atoms with van der Waals surface area (Å²) in [5.74, 6) is 2.09. The molecule has 0 radical (unpaired) electrons. The minimum absolute atomic E-state index is 0.0160. The summed E-state index contributed by atoms with van der Waals surface area (Å²) in [5, 5.41) is 0. The van der Waals surface area contributed by atoms with Gasteiger partial charge in [0.15, 0.2) is 11.5 Å². The molecule has 3 aromatic rings. The molecule has 0 aromatic heterocycles. The summed E-state index contributed by atoms with van der Waals surface area (Å²) in [4.78, 5) is 14.4. The van der Waals surface area contributed by atoms with E-state index in [1.165, 1.54) is 5.56 Å². The Morgan fingerprint density at radius 3 is 2.41 bits per heavy atom.